The first-order chi connectivity index (χ1) is 8.81. The summed E-state index contributed by atoms with van der Waals surface area (Å²) in [5.74, 6) is 0.657. The molecule has 0 aliphatic heterocycles. The minimum Gasteiger partial charge on any atom is -0.349 e. The summed E-state index contributed by atoms with van der Waals surface area (Å²) in [5.41, 5.74) is 3.24. The highest BCUT2D eigenvalue weighted by molar-refractivity contribution is 5.44. The zero-order valence-corrected chi connectivity index (χ0v) is 10.2. The third-order valence-corrected chi connectivity index (χ3v) is 2.77. The summed E-state index contributed by atoms with van der Waals surface area (Å²) < 4.78 is 1.79. The molecule has 1 aromatic carbocycles. The van der Waals surface area contributed by atoms with Crippen LogP contribution in [0.5, 0.6) is 0 Å². The molecule has 18 heavy (non-hydrogen) atoms. The van der Waals surface area contributed by atoms with Crippen LogP contribution in [0.25, 0.3) is 5.65 Å². The molecule has 0 aliphatic rings. The lowest BCUT2D eigenvalue weighted by molar-refractivity contribution is 0.942. The van der Waals surface area contributed by atoms with E-state index in [2.05, 4.69) is 27.5 Å². The largest absolute Gasteiger partial charge is 0.349 e. The van der Waals surface area contributed by atoms with Crippen LogP contribution in [0.3, 0.4) is 0 Å². The van der Waals surface area contributed by atoms with Gasteiger partial charge in [-0.2, -0.15) is 4.98 Å². The minimum atomic E-state index is 0.657. The molecular formula is C14H14N4. The highest BCUT2D eigenvalue weighted by atomic mass is 15.3. The Bertz CT molecular complexity index is 658. The number of nitrogens with one attached hydrogen (secondary N) is 1. The molecule has 0 amide bonds. The zero-order chi connectivity index (χ0) is 12.4. The third-order valence-electron chi connectivity index (χ3n) is 2.77. The average molecular weight is 238 g/mol. The lowest BCUT2D eigenvalue weighted by Gasteiger charge is -2.00. The number of hydrogen-bond donors (Lipinski definition) is 1. The minimum absolute atomic E-state index is 0.657. The predicted octanol–water partition coefficient (Wildman–Crippen LogP) is 2.65. The first kappa shape index (κ1) is 10.8. The van der Waals surface area contributed by atoms with Crippen LogP contribution in [0, 0.1) is 6.92 Å². The molecule has 0 spiro atoms. The number of aromatic nitrogens is 3. The maximum atomic E-state index is 4.41. The Balaban J connectivity index is 1.79. The van der Waals surface area contributed by atoms with E-state index in [-0.39, 0.29) is 0 Å². The molecule has 0 saturated carbocycles. The van der Waals surface area contributed by atoms with E-state index >= 15 is 0 Å². The van der Waals surface area contributed by atoms with Gasteiger partial charge in [0.2, 0.25) is 5.95 Å². The molecule has 0 fully saturated rings. The summed E-state index contributed by atoms with van der Waals surface area (Å²) in [5, 5.41) is 7.61. The van der Waals surface area contributed by atoms with Crippen LogP contribution in [-0.4, -0.2) is 14.6 Å². The van der Waals surface area contributed by atoms with Crippen LogP contribution in [0.4, 0.5) is 5.95 Å². The molecule has 2 aromatic heterocycles. The first-order valence-electron chi connectivity index (χ1n) is 5.92. The van der Waals surface area contributed by atoms with Gasteiger partial charge in [-0.1, -0.05) is 36.4 Å². The van der Waals surface area contributed by atoms with Gasteiger partial charge in [-0.25, -0.2) is 4.52 Å². The summed E-state index contributed by atoms with van der Waals surface area (Å²) >= 11 is 0. The van der Waals surface area contributed by atoms with E-state index in [1.54, 1.807) is 4.52 Å². The Hall–Kier alpha value is -2.36. The standard InChI is InChI=1S/C14H14N4/c1-11-7-8-13-16-14(17-18(13)10-11)15-9-12-5-3-2-4-6-12/h2-8,10H,9H2,1H3,(H,15,17). The fourth-order valence-corrected chi connectivity index (χ4v) is 1.84. The molecule has 0 radical (unpaired) electrons. The molecule has 0 aliphatic carbocycles. The monoisotopic (exact) mass is 238 g/mol. The van der Waals surface area contributed by atoms with E-state index in [1.807, 2.05) is 43.5 Å². The highest BCUT2D eigenvalue weighted by Crippen LogP contribution is 2.08. The summed E-state index contributed by atoms with van der Waals surface area (Å²) in [4.78, 5) is 4.41. The Labute approximate surface area is 105 Å². The topological polar surface area (TPSA) is 42.2 Å². The second kappa shape index (κ2) is 4.49. The fourth-order valence-electron chi connectivity index (χ4n) is 1.84. The fraction of sp³-hybridized carbons (Fsp3) is 0.143. The Kier molecular flexibility index (Phi) is 2.68. The van der Waals surface area contributed by atoms with E-state index in [4.69, 9.17) is 0 Å². The second-order valence-electron chi connectivity index (χ2n) is 4.28. The van der Waals surface area contributed by atoms with Crippen LogP contribution in [0.1, 0.15) is 11.1 Å². The number of rotatable bonds is 3. The van der Waals surface area contributed by atoms with E-state index in [0.29, 0.717) is 5.95 Å². The lowest BCUT2D eigenvalue weighted by Crippen LogP contribution is -2.00. The number of nitrogens with zero attached hydrogens (tertiary/aromatic N) is 3. The number of fused-ring (bicyclic) bond motifs is 1. The van der Waals surface area contributed by atoms with Gasteiger partial charge < -0.3 is 5.32 Å². The van der Waals surface area contributed by atoms with Gasteiger partial charge in [0, 0.05) is 12.7 Å². The highest BCUT2D eigenvalue weighted by Gasteiger charge is 2.02. The van der Waals surface area contributed by atoms with Gasteiger partial charge >= 0.3 is 0 Å². The molecule has 3 rings (SSSR count). The average Bonchev–Trinajstić information content (AvgIpc) is 2.79. The third kappa shape index (κ3) is 2.18. The van der Waals surface area contributed by atoms with Crippen molar-refractivity contribution in [3.05, 3.63) is 59.8 Å². The van der Waals surface area contributed by atoms with Crippen LogP contribution in [0.15, 0.2) is 48.7 Å². The van der Waals surface area contributed by atoms with Crippen molar-refractivity contribution in [1.29, 1.82) is 0 Å². The maximum Gasteiger partial charge on any atom is 0.243 e. The van der Waals surface area contributed by atoms with E-state index in [1.165, 1.54) is 11.1 Å². The summed E-state index contributed by atoms with van der Waals surface area (Å²) in [6.45, 7) is 2.77. The first-order valence-corrected chi connectivity index (χ1v) is 5.92. The molecule has 4 heteroatoms. The van der Waals surface area contributed by atoms with Gasteiger partial charge in [0.15, 0.2) is 5.65 Å². The van der Waals surface area contributed by atoms with Gasteiger partial charge in [0.25, 0.3) is 0 Å². The van der Waals surface area contributed by atoms with Crippen LogP contribution < -0.4 is 5.32 Å². The Morgan fingerprint density at radius 1 is 1.11 bits per heavy atom. The van der Waals surface area contributed by atoms with Crippen molar-refractivity contribution < 1.29 is 0 Å². The molecule has 90 valence electrons. The SMILES string of the molecule is Cc1ccc2nc(NCc3ccccc3)nn2c1. The van der Waals surface area contributed by atoms with Gasteiger partial charge in [-0.15, -0.1) is 5.10 Å². The summed E-state index contributed by atoms with van der Waals surface area (Å²) in [6, 6.07) is 14.2. The van der Waals surface area contributed by atoms with E-state index in [0.717, 1.165) is 12.2 Å². The lowest BCUT2D eigenvalue weighted by atomic mass is 10.2. The van der Waals surface area contributed by atoms with Crippen LogP contribution in [-0.2, 0) is 6.54 Å². The van der Waals surface area contributed by atoms with E-state index < -0.39 is 0 Å². The molecule has 0 unspecified atom stereocenters. The van der Waals surface area contributed by atoms with Gasteiger partial charge in [-0.05, 0) is 24.1 Å². The van der Waals surface area contributed by atoms with Crippen LogP contribution in [0.2, 0.25) is 0 Å². The molecule has 2 heterocycles. The second-order valence-corrected chi connectivity index (χ2v) is 4.28. The summed E-state index contributed by atoms with van der Waals surface area (Å²) in [7, 11) is 0. The molecule has 0 atom stereocenters. The quantitative estimate of drug-likeness (QED) is 0.762. The number of pyridine rings is 1. The molecule has 3 aromatic rings. The molecule has 4 nitrogen and oxygen atoms in total. The summed E-state index contributed by atoms with van der Waals surface area (Å²) in [6.07, 6.45) is 1.97. The number of benzene rings is 1. The zero-order valence-electron chi connectivity index (χ0n) is 10.2. The molecular weight excluding hydrogens is 224 g/mol. The molecule has 0 saturated heterocycles. The Morgan fingerprint density at radius 3 is 2.78 bits per heavy atom. The molecule has 1 N–H and O–H groups in total. The Morgan fingerprint density at radius 2 is 1.94 bits per heavy atom. The smallest absolute Gasteiger partial charge is 0.243 e. The van der Waals surface area contributed by atoms with Crippen molar-refractivity contribution in [2.45, 2.75) is 13.5 Å². The van der Waals surface area contributed by atoms with E-state index in [9.17, 15) is 0 Å². The van der Waals surface area contributed by atoms with Crippen molar-refractivity contribution in [3.8, 4) is 0 Å². The predicted molar refractivity (Wildman–Crippen MR) is 71.5 cm³/mol. The maximum absolute atomic E-state index is 4.41. The van der Waals surface area contributed by atoms with Crippen LogP contribution >= 0.6 is 0 Å². The number of aryl methyl sites for hydroxylation is 1. The van der Waals surface area contributed by atoms with Crippen molar-refractivity contribution in [1.82, 2.24) is 14.6 Å². The molecule has 0 bridgehead atoms. The van der Waals surface area contributed by atoms with Crippen molar-refractivity contribution in [2.24, 2.45) is 0 Å². The van der Waals surface area contributed by atoms with Crippen molar-refractivity contribution in [2.75, 3.05) is 5.32 Å². The van der Waals surface area contributed by atoms with Gasteiger partial charge in [0.05, 0.1) is 0 Å². The van der Waals surface area contributed by atoms with Gasteiger partial charge in [-0.3, -0.25) is 0 Å². The van der Waals surface area contributed by atoms with Crippen molar-refractivity contribution >= 4 is 11.6 Å². The number of hydrogen-bond acceptors (Lipinski definition) is 3. The van der Waals surface area contributed by atoms with Crippen molar-refractivity contribution in [3.63, 3.8) is 0 Å². The van der Waals surface area contributed by atoms with Gasteiger partial charge in [0.1, 0.15) is 0 Å². The number of anilines is 1. The normalized spacial score (nSPS) is 10.7.